The summed E-state index contributed by atoms with van der Waals surface area (Å²) in [5.74, 6) is 0. The third-order valence-corrected chi connectivity index (χ3v) is 1.64. The summed E-state index contributed by atoms with van der Waals surface area (Å²) >= 11 is 0. The van der Waals surface area contributed by atoms with Gasteiger partial charge in [0.2, 0.25) is 0 Å². The van der Waals surface area contributed by atoms with Crippen molar-refractivity contribution in [2.75, 3.05) is 0 Å². The van der Waals surface area contributed by atoms with Gasteiger partial charge in [0.15, 0.2) is 0 Å². The Morgan fingerprint density at radius 1 is 1.21 bits per heavy atom. The van der Waals surface area contributed by atoms with E-state index in [0.717, 1.165) is 11.8 Å². The number of hydrogen-bond donors (Lipinski definition) is 0. The zero-order valence-corrected chi connectivity index (χ0v) is 7.93. The second-order valence-corrected chi connectivity index (χ2v) is 2.79. The first-order valence-corrected chi connectivity index (χ1v) is 4.55. The molecule has 3 heteroatoms. The first-order chi connectivity index (χ1) is 6.93. The molecule has 0 N–H and O–H groups in total. The molecule has 0 unspecified atom stereocenters. The highest BCUT2D eigenvalue weighted by Gasteiger charge is 1.88. The molecule has 74 valence electrons. The molecule has 0 radical (unpaired) electrons. The van der Waals surface area contributed by atoms with E-state index in [-0.39, 0.29) is 0 Å². The zero-order chi connectivity index (χ0) is 10.1. The molecule has 0 aliphatic rings. The largest absolute Gasteiger partial charge is 0.391 e. The van der Waals surface area contributed by atoms with Crippen molar-refractivity contribution in [2.24, 2.45) is 5.16 Å². The van der Waals surface area contributed by atoms with Crippen molar-refractivity contribution in [3.05, 3.63) is 35.9 Å². The van der Waals surface area contributed by atoms with Gasteiger partial charge in [-0.1, -0.05) is 35.5 Å². The zero-order valence-electron chi connectivity index (χ0n) is 7.93. The van der Waals surface area contributed by atoms with Crippen LogP contribution in [-0.4, -0.2) is 12.5 Å². The molecule has 1 aromatic rings. The van der Waals surface area contributed by atoms with E-state index < -0.39 is 0 Å². The minimum atomic E-state index is 0.471. The monoisotopic (exact) mass is 191 g/mol. The fraction of sp³-hybridized carbons (Fsp3) is 0.273. The van der Waals surface area contributed by atoms with Crippen LogP contribution in [0, 0.1) is 0 Å². The Morgan fingerprint density at radius 3 is 2.71 bits per heavy atom. The highest BCUT2D eigenvalue weighted by molar-refractivity contribution is 5.62. The van der Waals surface area contributed by atoms with E-state index >= 15 is 0 Å². The van der Waals surface area contributed by atoms with Crippen LogP contribution in [-0.2, 0) is 16.2 Å². The van der Waals surface area contributed by atoms with Crippen LogP contribution >= 0.6 is 0 Å². The number of aldehydes is 1. The molecule has 1 rings (SSSR count). The van der Waals surface area contributed by atoms with E-state index in [0.29, 0.717) is 19.4 Å². The summed E-state index contributed by atoms with van der Waals surface area (Å²) in [6.45, 7) is 0.471. The Kier molecular flexibility index (Phi) is 5.09. The van der Waals surface area contributed by atoms with Crippen molar-refractivity contribution in [3.8, 4) is 0 Å². The molecule has 0 amide bonds. The summed E-state index contributed by atoms with van der Waals surface area (Å²) in [5, 5.41) is 3.72. The number of nitrogens with zero attached hydrogens (tertiary/aromatic N) is 1. The molecule has 0 fully saturated rings. The number of rotatable bonds is 6. The lowest BCUT2D eigenvalue weighted by atomic mass is 10.2. The third kappa shape index (κ3) is 4.40. The van der Waals surface area contributed by atoms with Crippen LogP contribution in [0.25, 0.3) is 0 Å². The van der Waals surface area contributed by atoms with Gasteiger partial charge in [-0.05, 0) is 12.0 Å². The fourth-order valence-corrected chi connectivity index (χ4v) is 0.934. The predicted octanol–water partition coefficient (Wildman–Crippen LogP) is 2.17. The van der Waals surface area contributed by atoms with Gasteiger partial charge in [-0.25, -0.2) is 0 Å². The maximum absolute atomic E-state index is 9.96. The van der Waals surface area contributed by atoms with Gasteiger partial charge in [-0.3, -0.25) is 0 Å². The Bertz CT molecular complexity index is 283. The first kappa shape index (κ1) is 10.4. The highest BCUT2D eigenvalue weighted by atomic mass is 16.6. The second kappa shape index (κ2) is 6.83. The van der Waals surface area contributed by atoms with E-state index in [9.17, 15) is 4.79 Å². The van der Waals surface area contributed by atoms with Gasteiger partial charge >= 0.3 is 0 Å². The van der Waals surface area contributed by atoms with E-state index in [4.69, 9.17) is 4.84 Å². The molecule has 0 bridgehead atoms. The maximum Gasteiger partial charge on any atom is 0.142 e. The fourth-order valence-electron chi connectivity index (χ4n) is 0.934. The average molecular weight is 191 g/mol. The lowest BCUT2D eigenvalue weighted by molar-refractivity contribution is -0.107. The topological polar surface area (TPSA) is 38.7 Å². The molecule has 0 saturated heterocycles. The van der Waals surface area contributed by atoms with E-state index in [2.05, 4.69) is 5.16 Å². The van der Waals surface area contributed by atoms with Gasteiger partial charge in [-0.2, -0.15) is 0 Å². The van der Waals surface area contributed by atoms with Crippen molar-refractivity contribution in [3.63, 3.8) is 0 Å². The number of unbranched alkanes of at least 4 members (excludes halogenated alkanes) is 1. The van der Waals surface area contributed by atoms with Crippen molar-refractivity contribution >= 4 is 12.5 Å². The number of carbonyl (C=O) groups is 1. The number of oxime groups is 1. The molecule has 0 spiro atoms. The summed E-state index contributed by atoms with van der Waals surface area (Å²) in [7, 11) is 0. The van der Waals surface area contributed by atoms with Crippen LogP contribution < -0.4 is 0 Å². The predicted molar refractivity (Wildman–Crippen MR) is 55.0 cm³/mol. The molecule has 0 saturated carbocycles. The van der Waals surface area contributed by atoms with E-state index in [1.807, 2.05) is 30.3 Å². The van der Waals surface area contributed by atoms with Crippen LogP contribution in [0.3, 0.4) is 0 Å². The van der Waals surface area contributed by atoms with Crippen LogP contribution in [0.15, 0.2) is 35.5 Å². The highest BCUT2D eigenvalue weighted by Crippen LogP contribution is 2.00. The number of hydrogen-bond acceptors (Lipinski definition) is 3. The minimum Gasteiger partial charge on any atom is -0.391 e. The maximum atomic E-state index is 9.96. The first-order valence-electron chi connectivity index (χ1n) is 4.55. The Morgan fingerprint density at radius 2 is 2.00 bits per heavy atom. The molecule has 14 heavy (non-hydrogen) atoms. The summed E-state index contributed by atoms with van der Waals surface area (Å²) in [5.41, 5.74) is 1.08. The number of benzene rings is 1. The van der Waals surface area contributed by atoms with Crippen LogP contribution in [0.1, 0.15) is 18.4 Å². The smallest absolute Gasteiger partial charge is 0.142 e. The molecule has 3 nitrogen and oxygen atoms in total. The lowest BCUT2D eigenvalue weighted by Gasteiger charge is -1.97. The van der Waals surface area contributed by atoms with Gasteiger partial charge < -0.3 is 9.63 Å². The number of carbonyl (C=O) groups excluding carboxylic acids is 1. The van der Waals surface area contributed by atoms with Gasteiger partial charge in [0.05, 0.1) is 0 Å². The van der Waals surface area contributed by atoms with Crippen LogP contribution in [0.5, 0.6) is 0 Å². The summed E-state index contributed by atoms with van der Waals surface area (Å²) in [4.78, 5) is 15.0. The third-order valence-electron chi connectivity index (χ3n) is 1.64. The van der Waals surface area contributed by atoms with Crippen LogP contribution in [0.2, 0.25) is 0 Å². The Hall–Kier alpha value is -1.64. The summed E-state index contributed by atoms with van der Waals surface area (Å²) in [6.07, 6.45) is 3.61. The lowest BCUT2D eigenvalue weighted by Crippen LogP contribution is -1.86. The van der Waals surface area contributed by atoms with Crippen LogP contribution in [0.4, 0.5) is 0 Å². The molecule has 0 aliphatic heterocycles. The normalized spacial score (nSPS) is 10.3. The molecule has 0 aromatic heterocycles. The van der Waals surface area contributed by atoms with Gasteiger partial charge in [0.1, 0.15) is 12.9 Å². The molecular formula is C11H13NO2. The average Bonchev–Trinajstić information content (AvgIpc) is 2.25. The standard InChI is InChI=1S/C11H13NO2/c13-9-5-4-8-12-14-10-11-6-2-1-3-7-11/h1-3,6-9H,4-5,10H2/b12-8+. The molecule has 1 aromatic carbocycles. The molecule has 0 atom stereocenters. The summed E-state index contributed by atoms with van der Waals surface area (Å²) < 4.78 is 0. The molecular weight excluding hydrogens is 178 g/mol. The Balaban J connectivity index is 2.15. The van der Waals surface area contributed by atoms with Crippen molar-refractivity contribution in [1.29, 1.82) is 0 Å². The Labute approximate surface area is 83.4 Å². The quantitative estimate of drug-likeness (QED) is 0.299. The van der Waals surface area contributed by atoms with Crippen molar-refractivity contribution in [1.82, 2.24) is 0 Å². The van der Waals surface area contributed by atoms with Gasteiger partial charge in [0, 0.05) is 12.6 Å². The van der Waals surface area contributed by atoms with E-state index in [1.165, 1.54) is 0 Å². The van der Waals surface area contributed by atoms with E-state index in [1.54, 1.807) is 6.21 Å². The molecule has 0 heterocycles. The van der Waals surface area contributed by atoms with Crippen molar-refractivity contribution in [2.45, 2.75) is 19.4 Å². The molecule has 0 aliphatic carbocycles. The van der Waals surface area contributed by atoms with Crippen molar-refractivity contribution < 1.29 is 9.63 Å². The van der Waals surface area contributed by atoms with Gasteiger partial charge in [-0.15, -0.1) is 0 Å². The summed E-state index contributed by atoms with van der Waals surface area (Å²) in [6, 6.07) is 9.81. The van der Waals surface area contributed by atoms with Gasteiger partial charge in [0.25, 0.3) is 0 Å². The SMILES string of the molecule is O=CCC/C=N/OCc1ccccc1. The second-order valence-electron chi connectivity index (χ2n) is 2.79. The minimum absolute atomic E-state index is 0.471.